The highest BCUT2D eigenvalue weighted by Gasteiger charge is 2.36. The van der Waals surface area contributed by atoms with Crippen LogP contribution in [-0.4, -0.2) is 33.9 Å². The van der Waals surface area contributed by atoms with Crippen LogP contribution in [0.1, 0.15) is 22.5 Å². The molecule has 8 nitrogen and oxygen atoms in total. The van der Waals surface area contributed by atoms with Gasteiger partial charge in [-0.25, -0.2) is 4.79 Å². The van der Waals surface area contributed by atoms with Crippen molar-refractivity contribution in [1.29, 1.82) is 0 Å². The molecular formula is C28H25N3O5. The molecule has 0 radical (unpaired) electrons. The quantitative estimate of drug-likeness (QED) is 0.307. The predicted molar refractivity (Wildman–Crippen MR) is 134 cm³/mol. The number of ether oxygens (including phenoxy) is 1. The second-order valence-corrected chi connectivity index (χ2v) is 8.70. The first-order valence-electron chi connectivity index (χ1n) is 11.6. The number of fused-ring (bicyclic) bond motifs is 1. The standard InChI is InChI=1S/C28H25N3O5/c1-18-9-10-25(19(2)14-18)36-13-11-30-16-20(22-7-3-4-8-24(22)30)15-23-26(32)29-28(34)31(27(23)33)17-21-6-5-12-35-21/h3-10,12,14-16H,11,13,17H2,1-2H3,(H,29,32,34). The highest BCUT2D eigenvalue weighted by Crippen LogP contribution is 2.26. The Morgan fingerprint density at radius 2 is 1.86 bits per heavy atom. The Morgan fingerprint density at radius 3 is 2.64 bits per heavy atom. The minimum atomic E-state index is -0.774. The molecule has 1 aliphatic rings. The summed E-state index contributed by atoms with van der Waals surface area (Å²) < 4.78 is 13.3. The molecule has 1 aliphatic heterocycles. The molecule has 5 rings (SSSR count). The van der Waals surface area contributed by atoms with Gasteiger partial charge < -0.3 is 13.7 Å². The van der Waals surface area contributed by atoms with E-state index in [1.54, 1.807) is 12.1 Å². The minimum absolute atomic E-state index is 0.0696. The molecule has 2 aromatic carbocycles. The first-order chi connectivity index (χ1) is 17.4. The van der Waals surface area contributed by atoms with E-state index in [9.17, 15) is 14.4 Å². The number of aryl methyl sites for hydroxylation is 2. The molecular weight excluding hydrogens is 458 g/mol. The van der Waals surface area contributed by atoms with Gasteiger partial charge in [0.25, 0.3) is 11.8 Å². The molecule has 0 unspecified atom stereocenters. The lowest BCUT2D eigenvalue weighted by atomic mass is 10.1. The van der Waals surface area contributed by atoms with Crippen molar-refractivity contribution in [2.45, 2.75) is 26.9 Å². The average molecular weight is 484 g/mol. The van der Waals surface area contributed by atoms with E-state index in [-0.39, 0.29) is 12.1 Å². The summed E-state index contributed by atoms with van der Waals surface area (Å²) in [5.74, 6) is -0.122. The smallest absolute Gasteiger partial charge is 0.331 e. The molecule has 2 aromatic heterocycles. The Bertz CT molecular complexity index is 1500. The molecule has 4 aromatic rings. The van der Waals surface area contributed by atoms with Gasteiger partial charge in [-0.2, -0.15) is 0 Å². The number of furan rings is 1. The maximum atomic E-state index is 13.1. The number of para-hydroxylation sites is 1. The summed E-state index contributed by atoms with van der Waals surface area (Å²) in [5.41, 5.74) is 3.78. The van der Waals surface area contributed by atoms with Crippen molar-refractivity contribution in [2.75, 3.05) is 6.61 Å². The normalized spacial score (nSPS) is 15.1. The number of aromatic nitrogens is 1. The van der Waals surface area contributed by atoms with Crippen molar-refractivity contribution in [1.82, 2.24) is 14.8 Å². The highest BCUT2D eigenvalue weighted by atomic mass is 16.5. The number of hydrogen-bond donors (Lipinski definition) is 1. The van der Waals surface area contributed by atoms with Gasteiger partial charge in [0.15, 0.2) is 0 Å². The number of nitrogens with zero attached hydrogens (tertiary/aromatic N) is 2. The zero-order valence-corrected chi connectivity index (χ0v) is 20.0. The molecule has 36 heavy (non-hydrogen) atoms. The van der Waals surface area contributed by atoms with Crippen LogP contribution in [0.2, 0.25) is 0 Å². The van der Waals surface area contributed by atoms with Crippen LogP contribution >= 0.6 is 0 Å². The third kappa shape index (κ3) is 4.53. The van der Waals surface area contributed by atoms with Crippen LogP contribution in [0.5, 0.6) is 5.75 Å². The van der Waals surface area contributed by atoms with Crippen molar-refractivity contribution in [3.63, 3.8) is 0 Å². The maximum Gasteiger partial charge on any atom is 0.331 e. The van der Waals surface area contributed by atoms with E-state index >= 15 is 0 Å². The number of urea groups is 1. The monoisotopic (exact) mass is 483 g/mol. The third-order valence-corrected chi connectivity index (χ3v) is 6.12. The number of hydrogen-bond acceptors (Lipinski definition) is 5. The van der Waals surface area contributed by atoms with Crippen molar-refractivity contribution in [3.8, 4) is 5.75 Å². The Hall–Kier alpha value is -4.59. The Labute approximate surface area is 207 Å². The molecule has 0 spiro atoms. The zero-order valence-electron chi connectivity index (χ0n) is 20.0. The fourth-order valence-electron chi connectivity index (χ4n) is 4.34. The third-order valence-electron chi connectivity index (χ3n) is 6.12. The Kier molecular flexibility index (Phi) is 6.16. The molecule has 1 N–H and O–H groups in total. The van der Waals surface area contributed by atoms with Crippen LogP contribution in [0.25, 0.3) is 17.0 Å². The summed E-state index contributed by atoms with van der Waals surface area (Å²) in [6.45, 7) is 5.01. The lowest BCUT2D eigenvalue weighted by Gasteiger charge is -2.25. The fraction of sp³-hybridized carbons (Fsp3) is 0.179. The summed E-state index contributed by atoms with van der Waals surface area (Å²) in [6.07, 6.45) is 4.88. The van der Waals surface area contributed by atoms with Crippen molar-refractivity contribution in [3.05, 3.63) is 95.1 Å². The van der Waals surface area contributed by atoms with Crippen LogP contribution in [0.15, 0.2) is 77.0 Å². The number of carbonyl (C=O) groups excluding carboxylic acids is 3. The lowest BCUT2D eigenvalue weighted by molar-refractivity contribution is -0.130. The molecule has 3 heterocycles. The summed E-state index contributed by atoms with van der Waals surface area (Å²) in [5, 5.41) is 3.13. The van der Waals surface area contributed by atoms with E-state index in [0.29, 0.717) is 24.5 Å². The predicted octanol–water partition coefficient (Wildman–Crippen LogP) is 4.59. The first-order valence-corrected chi connectivity index (χ1v) is 11.6. The Morgan fingerprint density at radius 1 is 1.03 bits per heavy atom. The van der Waals surface area contributed by atoms with E-state index in [4.69, 9.17) is 9.15 Å². The van der Waals surface area contributed by atoms with Crippen LogP contribution in [-0.2, 0) is 22.7 Å². The first kappa shape index (κ1) is 23.2. The molecule has 0 atom stereocenters. The van der Waals surface area contributed by atoms with Gasteiger partial charge in [-0.3, -0.25) is 19.8 Å². The molecule has 4 amide bonds. The molecule has 0 bridgehead atoms. The number of rotatable bonds is 7. The zero-order chi connectivity index (χ0) is 25.2. The summed E-state index contributed by atoms with van der Waals surface area (Å²) in [4.78, 5) is 39.0. The van der Waals surface area contributed by atoms with Crippen LogP contribution < -0.4 is 10.1 Å². The minimum Gasteiger partial charge on any atom is -0.491 e. The summed E-state index contributed by atoms with van der Waals surface area (Å²) in [6, 6.07) is 16.4. The summed E-state index contributed by atoms with van der Waals surface area (Å²) in [7, 11) is 0. The van der Waals surface area contributed by atoms with Crippen molar-refractivity contribution >= 4 is 34.8 Å². The van der Waals surface area contributed by atoms with Gasteiger partial charge in [-0.05, 0) is 49.8 Å². The highest BCUT2D eigenvalue weighted by molar-refractivity contribution is 6.31. The van der Waals surface area contributed by atoms with Gasteiger partial charge in [-0.15, -0.1) is 0 Å². The van der Waals surface area contributed by atoms with E-state index in [1.165, 1.54) is 17.9 Å². The number of barbiturate groups is 1. The van der Waals surface area contributed by atoms with Crippen molar-refractivity contribution < 1.29 is 23.5 Å². The second kappa shape index (κ2) is 9.58. The van der Waals surface area contributed by atoms with Gasteiger partial charge in [-0.1, -0.05) is 35.9 Å². The van der Waals surface area contributed by atoms with Gasteiger partial charge >= 0.3 is 6.03 Å². The molecule has 1 fully saturated rings. The topological polar surface area (TPSA) is 93.8 Å². The number of amides is 4. The van der Waals surface area contributed by atoms with Gasteiger partial charge in [0, 0.05) is 22.7 Å². The lowest BCUT2D eigenvalue weighted by Crippen LogP contribution is -2.53. The number of benzene rings is 2. The molecule has 182 valence electrons. The van der Waals surface area contributed by atoms with Crippen LogP contribution in [0, 0.1) is 13.8 Å². The fourth-order valence-corrected chi connectivity index (χ4v) is 4.34. The molecule has 0 aliphatic carbocycles. The largest absolute Gasteiger partial charge is 0.491 e. The number of imide groups is 2. The van der Waals surface area contributed by atoms with Crippen LogP contribution in [0.3, 0.4) is 0 Å². The van der Waals surface area contributed by atoms with Gasteiger partial charge in [0.1, 0.15) is 23.7 Å². The van der Waals surface area contributed by atoms with Gasteiger partial charge in [0.05, 0.1) is 19.4 Å². The number of nitrogens with one attached hydrogen (secondary N) is 1. The Balaban J connectivity index is 1.41. The molecule has 8 heteroatoms. The summed E-state index contributed by atoms with van der Waals surface area (Å²) >= 11 is 0. The van der Waals surface area contributed by atoms with Gasteiger partial charge in [0.2, 0.25) is 0 Å². The van der Waals surface area contributed by atoms with Crippen LogP contribution in [0.4, 0.5) is 4.79 Å². The van der Waals surface area contributed by atoms with E-state index < -0.39 is 17.8 Å². The SMILES string of the molecule is Cc1ccc(OCCn2cc(C=C3C(=O)NC(=O)N(Cc4ccco4)C3=O)c3ccccc32)c(C)c1. The average Bonchev–Trinajstić information content (AvgIpc) is 3.49. The maximum absolute atomic E-state index is 13.1. The second-order valence-electron chi connectivity index (χ2n) is 8.70. The van der Waals surface area contributed by atoms with E-state index in [2.05, 4.69) is 11.4 Å². The van der Waals surface area contributed by atoms with E-state index in [1.807, 2.05) is 61.0 Å². The van der Waals surface area contributed by atoms with E-state index in [0.717, 1.165) is 27.1 Å². The molecule has 1 saturated heterocycles. The van der Waals surface area contributed by atoms with Crippen molar-refractivity contribution in [2.24, 2.45) is 0 Å². The molecule has 0 saturated carbocycles. The number of carbonyl (C=O) groups is 3.